The van der Waals surface area contributed by atoms with Crippen molar-refractivity contribution in [2.45, 2.75) is 31.9 Å². The minimum Gasteiger partial charge on any atom is -0.396 e. The second kappa shape index (κ2) is 7.27. The number of pyridine rings is 1. The van der Waals surface area contributed by atoms with Gasteiger partial charge in [-0.3, -0.25) is 4.79 Å². The monoisotopic (exact) mass is 391 g/mol. The van der Waals surface area contributed by atoms with E-state index in [1.54, 1.807) is 12.1 Å². The molecule has 2 N–H and O–H groups in total. The highest BCUT2D eigenvalue weighted by molar-refractivity contribution is 6.03. The number of alkyl halides is 3. The number of anilines is 1. The molecular weight excluding hydrogens is 371 g/mol. The molecule has 0 aliphatic carbocycles. The number of carbonyl (C=O) groups excluding carboxylic acids is 1. The van der Waals surface area contributed by atoms with Crippen LogP contribution in [0.3, 0.4) is 0 Å². The van der Waals surface area contributed by atoms with Gasteiger partial charge in [0.25, 0.3) is 5.91 Å². The number of aliphatic hydroxyl groups is 1. The highest BCUT2D eigenvalue weighted by Gasteiger charge is 2.31. The first-order chi connectivity index (χ1) is 13.1. The third-order valence-corrected chi connectivity index (χ3v) is 4.69. The van der Waals surface area contributed by atoms with E-state index in [9.17, 15) is 18.0 Å². The van der Waals surface area contributed by atoms with Crippen LogP contribution >= 0.6 is 0 Å². The second-order valence-electron chi connectivity index (χ2n) is 7.20. The molecule has 5 nitrogen and oxygen atoms in total. The van der Waals surface area contributed by atoms with Crippen molar-refractivity contribution in [1.82, 2.24) is 9.38 Å². The van der Waals surface area contributed by atoms with Gasteiger partial charge >= 0.3 is 6.18 Å². The molecule has 1 amide bonds. The fraction of sp³-hybridized carbons (Fsp3) is 0.300. The van der Waals surface area contributed by atoms with Gasteiger partial charge in [0.15, 0.2) is 5.82 Å². The normalized spacial score (nSPS) is 12.4. The maximum Gasteiger partial charge on any atom is 0.417 e. The topological polar surface area (TPSA) is 66.6 Å². The van der Waals surface area contributed by atoms with Gasteiger partial charge in [0.1, 0.15) is 5.65 Å². The minimum absolute atomic E-state index is 0.0686. The lowest BCUT2D eigenvalue weighted by Crippen LogP contribution is -2.19. The van der Waals surface area contributed by atoms with Crippen LogP contribution in [0.2, 0.25) is 0 Å². The van der Waals surface area contributed by atoms with E-state index in [4.69, 9.17) is 5.11 Å². The predicted molar refractivity (Wildman–Crippen MR) is 99.3 cm³/mol. The molecule has 0 bridgehead atoms. The summed E-state index contributed by atoms with van der Waals surface area (Å²) < 4.78 is 39.6. The van der Waals surface area contributed by atoms with Crippen LogP contribution in [0.4, 0.5) is 19.0 Å². The van der Waals surface area contributed by atoms with E-state index in [0.717, 1.165) is 17.8 Å². The van der Waals surface area contributed by atoms with Gasteiger partial charge < -0.3 is 14.8 Å². The van der Waals surface area contributed by atoms with Crippen LogP contribution in [-0.4, -0.2) is 27.0 Å². The van der Waals surface area contributed by atoms with E-state index in [2.05, 4.69) is 10.3 Å². The van der Waals surface area contributed by atoms with E-state index < -0.39 is 17.6 Å². The molecule has 0 aliphatic rings. The number of nitrogens with zero attached hydrogens (tertiary/aromatic N) is 2. The molecule has 0 spiro atoms. The maximum atomic E-state index is 12.8. The van der Waals surface area contributed by atoms with E-state index in [1.807, 2.05) is 26.0 Å². The minimum atomic E-state index is -4.45. The number of fused-ring (bicyclic) bond motifs is 1. The Labute approximate surface area is 159 Å². The van der Waals surface area contributed by atoms with Crippen molar-refractivity contribution >= 4 is 17.4 Å². The molecule has 0 aliphatic heterocycles. The van der Waals surface area contributed by atoms with Gasteiger partial charge in [-0.15, -0.1) is 0 Å². The van der Waals surface area contributed by atoms with E-state index in [1.165, 1.54) is 16.7 Å². The van der Waals surface area contributed by atoms with Gasteiger partial charge in [-0.25, -0.2) is 4.98 Å². The third-order valence-electron chi connectivity index (χ3n) is 4.69. The number of rotatable bonds is 5. The summed E-state index contributed by atoms with van der Waals surface area (Å²) in [5, 5.41) is 11.8. The average molecular weight is 391 g/mol. The number of aliphatic hydroxyl groups excluding tert-OH is 1. The molecule has 0 atom stereocenters. The average Bonchev–Trinajstić information content (AvgIpc) is 3.02. The zero-order chi connectivity index (χ0) is 20.5. The third kappa shape index (κ3) is 4.17. The molecule has 2 aromatic heterocycles. The number of nitrogens with one attached hydrogen (secondary N) is 1. The number of carbonyl (C=O) groups is 1. The first-order valence-corrected chi connectivity index (χ1v) is 8.69. The largest absolute Gasteiger partial charge is 0.417 e. The molecule has 8 heteroatoms. The first-order valence-electron chi connectivity index (χ1n) is 8.69. The fourth-order valence-electron chi connectivity index (χ4n) is 2.90. The maximum absolute atomic E-state index is 12.8. The Morgan fingerprint density at radius 1 is 1.07 bits per heavy atom. The van der Waals surface area contributed by atoms with E-state index in [0.29, 0.717) is 17.6 Å². The van der Waals surface area contributed by atoms with Gasteiger partial charge in [0.2, 0.25) is 0 Å². The van der Waals surface area contributed by atoms with Crippen molar-refractivity contribution in [3.8, 4) is 0 Å². The lowest BCUT2D eigenvalue weighted by atomic mass is 9.81. The molecule has 3 rings (SSSR count). The van der Waals surface area contributed by atoms with Gasteiger partial charge in [0.05, 0.1) is 11.8 Å². The highest BCUT2D eigenvalue weighted by Crippen LogP contribution is 2.30. The molecule has 0 saturated heterocycles. The summed E-state index contributed by atoms with van der Waals surface area (Å²) in [5.41, 5.74) is 0.671. The first kappa shape index (κ1) is 19.9. The Hall–Kier alpha value is -2.87. The Balaban J connectivity index is 1.77. The van der Waals surface area contributed by atoms with Crippen LogP contribution in [0.1, 0.15) is 41.8 Å². The number of halogens is 3. The van der Waals surface area contributed by atoms with Crippen LogP contribution in [0.15, 0.2) is 48.8 Å². The molecule has 0 unspecified atom stereocenters. The SMILES string of the molecule is CC(C)(CCO)c1ccc(C(=O)Nc2cn3cc(C(F)(F)F)ccc3n2)cc1. The van der Waals surface area contributed by atoms with Crippen LogP contribution in [0, 0.1) is 0 Å². The molecule has 1 aromatic carbocycles. The smallest absolute Gasteiger partial charge is 0.396 e. The Morgan fingerprint density at radius 2 is 1.71 bits per heavy atom. The zero-order valence-corrected chi connectivity index (χ0v) is 15.4. The number of benzene rings is 1. The molecule has 0 saturated carbocycles. The van der Waals surface area contributed by atoms with E-state index >= 15 is 0 Å². The lowest BCUT2D eigenvalue weighted by Gasteiger charge is -2.24. The number of amides is 1. The zero-order valence-electron chi connectivity index (χ0n) is 15.4. The van der Waals surface area contributed by atoms with Crippen molar-refractivity contribution < 1.29 is 23.1 Å². The molecule has 3 aromatic rings. The molecule has 148 valence electrons. The molecular formula is C20H20F3N3O2. The van der Waals surface area contributed by atoms with Crippen molar-refractivity contribution in [3.63, 3.8) is 0 Å². The second-order valence-corrected chi connectivity index (χ2v) is 7.20. The Morgan fingerprint density at radius 3 is 2.32 bits per heavy atom. The summed E-state index contributed by atoms with van der Waals surface area (Å²) in [4.78, 5) is 16.5. The summed E-state index contributed by atoms with van der Waals surface area (Å²) in [7, 11) is 0. The standard InChI is InChI=1S/C20H20F3N3O2/c1-19(2,9-10-27)14-5-3-13(4-6-14)18(28)25-16-12-26-11-15(20(21,22)23)7-8-17(26)24-16/h3-8,11-12,27H,9-10H2,1-2H3,(H,25,28). The van der Waals surface area contributed by atoms with Crippen LogP contribution in [0.5, 0.6) is 0 Å². The van der Waals surface area contributed by atoms with Gasteiger partial charge in [0, 0.05) is 18.4 Å². The fourth-order valence-corrected chi connectivity index (χ4v) is 2.90. The Bertz CT molecular complexity index is 992. The molecule has 28 heavy (non-hydrogen) atoms. The molecule has 0 radical (unpaired) electrons. The summed E-state index contributed by atoms with van der Waals surface area (Å²) in [5.74, 6) is -0.250. The lowest BCUT2D eigenvalue weighted by molar-refractivity contribution is -0.137. The van der Waals surface area contributed by atoms with Crippen LogP contribution in [0.25, 0.3) is 5.65 Å². The van der Waals surface area contributed by atoms with Gasteiger partial charge in [-0.2, -0.15) is 13.2 Å². The van der Waals surface area contributed by atoms with Crippen LogP contribution < -0.4 is 5.32 Å². The number of imidazole rings is 1. The van der Waals surface area contributed by atoms with E-state index in [-0.39, 0.29) is 17.8 Å². The quantitative estimate of drug-likeness (QED) is 0.683. The van der Waals surface area contributed by atoms with Crippen molar-refractivity contribution in [2.24, 2.45) is 0 Å². The number of hydrogen-bond donors (Lipinski definition) is 2. The number of hydrogen-bond acceptors (Lipinski definition) is 3. The number of aromatic nitrogens is 2. The predicted octanol–water partition coefficient (Wildman–Crippen LogP) is 4.27. The summed E-state index contributed by atoms with van der Waals surface area (Å²) in [6, 6.07) is 9.17. The van der Waals surface area contributed by atoms with Crippen LogP contribution in [-0.2, 0) is 11.6 Å². The van der Waals surface area contributed by atoms with Crippen molar-refractivity contribution in [3.05, 3.63) is 65.5 Å². The Kier molecular flexibility index (Phi) is 5.16. The van der Waals surface area contributed by atoms with Gasteiger partial charge in [-0.1, -0.05) is 26.0 Å². The van der Waals surface area contributed by atoms with Crippen molar-refractivity contribution in [1.29, 1.82) is 0 Å². The summed E-state index contributed by atoms with van der Waals surface area (Å²) in [6.07, 6.45) is -1.59. The van der Waals surface area contributed by atoms with Gasteiger partial charge in [-0.05, 0) is 41.7 Å². The highest BCUT2D eigenvalue weighted by atomic mass is 19.4. The summed E-state index contributed by atoms with van der Waals surface area (Å²) in [6.45, 7) is 4.08. The molecule has 2 heterocycles. The molecule has 0 fully saturated rings. The summed E-state index contributed by atoms with van der Waals surface area (Å²) >= 11 is 0. The van der Waals surface area contributed by atoms with Crippen molar-refractivity contribution in [2.75, 3.05) is 11.9 Å².